The van der Waals surface area contributed by atoms with E-state index in [1.165, 1.54) is 20.2 Å². The number of rotatable bonds is 3. The number of likely N-dealkylation sites (N-methyl/N-ethyl adjacent to an activating group) is 1. The number of carbonyl (C=O) groups is 2. The van der Waals surface area contributed by atoms with Crippen LogP contribution in [-0.2, 0) is 9.53 Å². The number of halogens is 2. The lowest BCUT2D eigenvalue weighted by Crippen LogP contribution is -2.33. The van der Waals surface area contributed by atoms with Gasteiger partial charge in [-0.15, -0.1) is 10.2 Å². The van der Waals surface area contributed by atoms with E-state index in [2.05, 4.69) is 14.9 Å². The van der Waals surface area contributed by atoms with E-state index >= 15 is 0 Å². The summed E-state index contributed by atoms with van der Waals surface area (Å²) in [5.74, 6) is -1.03. The van der Waals surface area contributed by atoms with Gasteiger partial charge in [-0.25, -0.2) is 0 Å². The molecule has 17 heavy (non-hydrogen) atoms. The second-order valence-corrected chi connectivity index (χ2v) is 3.85. The van der Waals surface area contributed by atoms with Gasteiger partial charge in [0.15, 0.2) is 10.3 Å². The molecule has 0 aliphatic carbocycles. The zero-order valence-electron chi connectivity index (χ0n) is 9.11. The summed E-state index contributed by atoms with van der Waals surface area (Å²) in [5, 5.41) is 6.95. The highest BCUT2D eigenvalue weighted by Gasteiger charge is 2.19. The third-order valence-corrected chi connectivity index (χ3v) is 2.35. The maximum absolute atomic E-state index is 11.9. The molecule has 0 aromatic carbocycles. The maximum atomic E-state index is 11.9. The molecule has 1 rings (SSSR count). The second kappa shape index (κ2) is 5.79. The molecule has 0 bridgehead atoms. The van der Waals surface area contributed by atoms with Crippen molar-refractivity contribution in [1.29, 1.82) is 0 Å². The molecule has 1 aromatic rings. The predicted octanol–water partition coefficient (Wildman–Crippen LogP) is 1.03. The van der Waals surface area contributed by atoms with Gasteiger partial charge in [-0.1, -0.05) is 23.2 Å². The van der Waals surface area contributed by atoms with Crippen molar-refractivity contribution < 1.29 is 14.3 Å². The average Bonchev–Trinajstić information content (AvgIpc) is 2.31. The van der Waals surface area contributed by atoms with E-state index in [0.717, 1.165) is 4.90 Å². The fraction of sp³-hybridized carbons (Fsp3) is 0.333. The fourth-order valence-electron chi connectivity index (χ4n) is 1.04. The molecule has 0 aliphatic heterocycles. The first kappa shape index (κ1) is 13.7. The fourth-order valence-corrected chi connectivity index (χ4v) is 1.36. The molecule has 1 aromatic heterocycles. The Bertz CT molecular complexity index is 453. The Morgan fingerprint density at radius 2 is 2.06 bits per heavy atom. The first-order valence-electron chi connectivity index (χ1n) is 4.46. The minimum Gasteiger partial charge on any atom is -0.468 e. The van der Waals surface area contributed by atoms with Crippen molar-refractivity contribution in [3.63, 3.8) is 0 Å². The Hall–Kier alpha value is -1.40. The van der Waals surface area contributed by atoms with E-state index < -0.39 is 11.9 Å². The van der Waals surface area contributed by atoms with Crippen LogP contribution in [0.3, 0.4) is 0 Å². The van der Waals surface area contributed by atoms with Gasteiger partial charge in [-0.3, -0.25) is 9.59 Å². The molecule has 0 unspecified atom stereocenters. The molecule has 92 valence electrons. The quantitative estimate of drug-likeness (QED) is 0.772. The molecule has 1 heterocycles. The third kappa shape index (κ3) is 3.54. The highest BCUT2D eigenvalue weighted by molar-refractivity contribution is 6.34. The molecule has 6 nitrogen and oxygen atoms in total. The van der Waals surface area contributed by atoms with Crippen molar-refractivity contribution in [2.45, 2.75) is 0 Å². The van der Waals surface area contributed by atoms with Crippen molar-refractivity contribution >= 4 is 35.1 Å². The highest BCUT2D eigenvalue weighted by Crippen LogP contribution is 2.16. The van der Waals surface area contributed by atoms with E-state index in [1.54, 1.807) is 0 Å². The van der Waals surface area contributed by atoms with Gasteiger partial charge in [-0.2, -0.15) is 0 Å². The van der Waals surface area contributed by atoms with Crippen LogP contribution in [0.4, 0.5) is 0 Å². The van der Waals surface area contributed by atoms with Gasteiger partial charge in [-0.05, 0) is 6.07 Å². The van der Waals surface area contributed by atoms with Crippen LogP contribution in [0, 0.1) is 0 Å². The molecule has 0 spiro atoms. The summed E-state index contributed by atoms with van der Waals surface area (Å²) >= 11 is 11.3. The zero-order chi connectivity index (χ0) is 13.0. The number of hydrogen-bond donors (Lipinski definition) is 0. The van der Waals surface area contributed by atoms with E-state index in [1.807, 2.05) is 0 Å². The van der Waals surface area contributed by atoms with Crippen LogP contribution in [-0.4, -0.2) is 47.7 Å². The van der Waals surface area contributed by atoms with Crippen molar-refractivity contribution in [3.8, 4) is 0 Å². The van der Waals surface area contributed by atoms with E-state index in [9.17, 15) is 9.59 Å². The number of nitrogens with zero attached hydrogens (tertiary/aromatic N) is 3. The van der Waals surface area contributed by atoms with Crippen LogP contribution in [0.1, 0.15) is 10.4 Å². The highest BCUT2D eigenvalue weighted by atomic mass is 35.5. The van der Waals surface area contributed by atoms with Crippen molar-refractivity contribution in [2.24, 2.45) is 0 Å². The van der Waals surface area contributed by atoms with Crippen LogP contribution in [0.25, 0.3) is 0 Å². The van der Waals surface area contributed by atoms with Crippen LogP contribution < -0.4 is 0 Å². The SMILES string of the molecule is COC(=O)CN(C)C(=O)c1cc(Cl)nnc1Cl. The van der Waals surface area contributed by atoms with Crippen molar-refractivity contribution in [1.82, 2.24) is 15.1 Å². The zero-order valence-corrected chi connectivity index (χ0v) is 10.6. The van der Waals surface area contributed by atoms with Gasteiger partial charge in [0, 0.05) is 7.05 Å². The van der Waals surface area contributed by atoms with Crippen molar-refractivity contribution in [3.05, 3.63) is 21.9 Å². The molecule has 0 aliphatic rings. The van der Waals surface area contributed by atoms with Gasteiger partial charge < -0.3 is 9.64 Å². The minimum atomic E-state index is -0.537. The lowest BCUT2D eigenvalue weighted by molar-refractivity contribution is -0.141. The van der Waals surface area contributed by atoms with Crippen LogP contribution in [0.15, 0.2) is 6.07 Å². The Morgan fingerprint density at radius 1 is 1.41 bits per heavy atom. The summed E-state index contributed by atoms with van der Waals surface area (Å²) in [6.45, 7) is -0.189. The lowest BCUT2D eigenvalue weighted by Gasteiger charge is -2.15. The average molecular weight is 278 g/mol. The normalized spacial score (nSPS) is 9.88. The molecular formula is C9H9Cl2N3O3. The van der Waals surface area contributed by atoms with E-state index in [4.69, 9.17) is 23.2 Å². The summed E-state index contributed by atoms with van der Waals surface area (Å²) in [5.41, 5.74) is 0.0815. The Labute approximate surface area is 107 Å². The molecule has 0 N–H and O–H groups in total. The van der Waals surface area contributed by atoms with Gasteiger partial charge in [0.1, 0.15) is 6.54 Å². The predicted molar refractivity (Wildman–Crippen MR) is 61.0 cm³/mol. The molecule has 8 heteroatoms. The number of esters is 1. The minimum absolute atomic E-state index is 0.0456. The first-order valence-corrected chi connectivity index (χ1v) is 5.22. The summed E-state index contributed by atoms with van der Waals surface area (Å²) in [7, 11) is 2.67. The van der Waals surface area contributed by atoms with E-state index in [0.29, 0.717) is 0 Å². The van der Waals surface area contributed by atoms with E-state index in [-0.39, 0.29) is 22.4 Å². The van der Waals surface area contributed by atoms with Gasteiger partial charge in [0.2, 0.25) is 0 Å². The Kier molecular flexibility index (Phi) is 4.65. The van der Waals surface area contributed by atoms with Gasteiger partial charge >= 0.3 is 5.97 Å². The number of aromatic nitrogens is 2. The molecule has 0 atom stereocenters. The summed E-state index contributed by atoms with van der Waals surface area (Å²) in [6.07, 6.45) is 0. The summed E-state index contributed by atoms with van der Waals surface area (Å²) in [6, 6.07) is 1.28. The summed E-state index contributed by atoms with van der Waals surface area (Å²) < 4.78 is 4.44. The van der Waals surface area contributed by atoms with Crippen LogP contribution in [0.5, 0.6) is 0 Å². The first-order chi connectivity index (χ1) is 7.95. The maximum Gasteiger partial charge on any atom is 0.325 e. The third-order valence-electron chi connectivity index (χ3n) is 1.89. The smallest absolute Gasteiger partial charge is 0.325 e. The molecule has 0 radical (unpaired) electrons. The standard InChI is InChI=1S/C9H9Cl2N3O3/c1-14(4-7(15)17-2)9(16)5-3-6(10)12-13-8(5)11/h3H,4H2,1-2H3. The molecule has 0 saturated heterocycles. The monoisotopic (exact) mass is 277 g/mol. The van der Waals surface area contributed by atoms with Crippen molar-refractivity contribution in [2.75, 3.05) is 20.7 Å². The Balaban J connectivity index is 2.88. The Morgan fingerprint density at radius 3 is 2.65 bits per heavy atom. The van der Waals surface area contributed by atoms with Gasteiger partial charge in [0.25, 0.3) is 5.91 Å². The second-order valence-electron chi connectivity index (χ2n) is 3.11. The topological polar surface area (TPSA) is 72.4 Å². The number of methoxy groups -OCH3 is 1. The van der Waals surface area contributed by atoms with Crippen LogP contribution in [0.2, 0.25) is 10.3 Å². The molecule has 1 amide bonds. The number of carbonyl (C=O) groups excluding carboxylic acids is 2. The number of ether oxygens (including phenoxy) is 1. The lowest BCUT2D eigenvalue weighted by atomic mass is 10.3. The molecular weight excluding hydrogens is 269 g/mol. The number of amides is 1. The van der Waals surface area contributed by atoms with Gasteiger partial charge in [0.05, 0.1) is 12.7 Å². The summed E-state index contributed by atoms with van der Waals surface area (Å²) in [4.78, 5) is 24.0. The number of hydrogen-bond acceptors (Lipinski definition) is 5. The van der Waals surface area contributed by atoms with Crippen LogP contribution >= 0.6 is 23.2 Å². The molecule has 0 saturated carbocycles. The molecule has 0 fully saturated rings. The largest absolute Gasteiger partial charge is 0.468 e.